The molecule has 0 spiro atoms. The summed E-state index contributed by atoms with van der Waals surface area (Å²) in [5.41, 5.74) is 3.81. The molecule has 0 fully saturated rings. The highest BCUT2D eigenvalue weighted by Gasteiger charge is 2.02. The Bertz CT molecular complexity index is 842. The van der Waals surface area contributed by atoms with Gasteiger partial charge in [-0.05, 0) is 35.9 Å². The van der Waals surface area contributed by atoms with Gasteiger partial charge in [-0.1, -0.05) is 66.7 Å². The number of nitrogens with one attached hydrogen (secondary N) is 2. The van der Waals surface area contributed by atoms with Crippen molar-refractivity contribution in [3.8, 4) is 0 Å². The molecule has 0 aromatic heterocycles. The fourth-order valence-electron chi connectivity index (χ4n) is 2.46. The predicted octanol–water partition coefficient (Wildman–Crippen LogP) is 4.87. The molecular weight excluding hydrogens is 308 g/mol. The number of para-hydroxylation sites is 2. The van der Waals surface area contributed by atoms with Crippen LogP contribution < -0.4 is 10.6 Å². The quantitative estimate of drug-likeness (QED) is 0.677. The van der Waals surface area contributed by atoms with Crippen LogP contribution in [0.15, 0.2) is 91.0 Å². The van der Waals surface area contributed by atoms with Gasteiger partial charge < -0.3 is 10.6 Å². The second kappa shape index (κ2) is 8.50. The third kappa shape index (κ3) is 4.82. The van der Waals surface area contributed by atoms with Crippen molar-refractivity contribution in [3.05, 3.63) is 102 Å². The number of amides is 1. The fraction of sp³-hybridized carbons (Fsp3) is 0.0455. The zero-order valence-electron chi connectivity index (χ0n) is 13.9. The minimum absolute atomic E-state index is 0.0686. The van der Waals surface area contributed by atoms with Crippen LogP contribution in [0.5, 0.6) is 0 Å². The lowest BCUT2D eigenvalue weighted by atomic mass is 10.1. The van der Waals surface area contributed by atoms with Crippen molar-refractivity contribution in [1.29, 1.82) is 0 Å². The average Bonchev–Trinajstić information content (AvgIpc) is 2.68. The predicted molar refractivity (Wildman–Crippen MR) is 104 cm³/mol. The lowest BCUT2D eigenvalue weighted by molar-refractivity contribution is 0.0958. The molecule has 0 bridgehead atoms. The van der Waals surface area contributed by atoms with Crippen LogP contribution in [0.3, 0.4) is 0 Å². The summed E-state index contributed by atoms with van der Waals surface area (Å²) in [6.07, 6.45) is 3.96. The van der Waals surface area contributed by atoms with E-state index in [1.54, 1.807) is 12.1 Å². The molecular formula is C22H20N2O. The maximum atomic E-state index is 12.0. The van der Waals surface area contributed by atoms with Crippen molar-refractivity contribution >= 4 is 23.4 Å². The summed E-state index contributed by atoms with van der Waals surface area (Å²) in [7, 11) is 0. The van der Waals surface area contributed by atoms with Gasteiger partial charge >= 0.3 is 0 Å². The third-order valence-electron chi connectivity index (χ3n) is 3.73. The summed E-state index contributed by atoms with van der Waals surface area (Å²) >= 11 is 0. The molecule has 0 heterocycles. The van der Waals surface area contributed by atoms with Crippen LogP contribution in [0.2, 0.25) is 0 Å². The van der Waals surface area contributed by atoms with E-state index in [4.69, 9.17) is 0 Å². The maximum absolute atomic E-state index is 12.0. The number of benzene rings is 3. The summed E-state index contributed by atoms with van der Waals surface area (Å²) in [6.45, 7) is 0.480. The monoisotopic (exact) mass is 328 g/mol. The minimum Gasteiger partial charge on any atom is -0.355 e. The summed E-state index contributed by atoms with van der Waals surface area (Å²) in [6, 6.07) is 27.3. The molecule has 0 aliphatic rings. The summed E-state index contributed by atoms with van der Waals surface area (Å²) < 4.78 is 0. The van der Waals surface area contributed by atoms with Crippen molar-refractivity contribution < 1.29 is 4.79 Å². The summed E-state index contributed by atoms with van der Waals surface area (Å²) in [4.78, 5) is 12.0. The molecule has 2 N–H and O–H groups in total. The van der Waals surface area contributed by atoms with E-state index >= 15 is 0 Å². The van der Waals surface area contributed by atoms with Gasteiger partial charge in [-0.25, -0.2) is 0 Å². The van der Waals surface area contributed by atoms with Crippen molar-refractivity contribution in [2.45, 2.75) is 0 Å². The van der Waals surface area contributed by atoms with Crippen LogP contribution in [0.25, 0.3) is 6.08 Å². The second-order valence-electron chi connectivity index (χ2n) is 5.56. The molecule has 1 amide bonds. The van der Waals surface area contributed by atoms with Gasteiger partial charge in [0.05, 0.1) is 0 Å². The highest BCUT2D eigenvalue weighted by atomic mass is 16.1. The Morgan fingerprint density at radius 2 is 1.44 bits per heavy atom. The summed E-state index contributed by atoms with van der Waals surface area (Å²) in [5, 5.41) is 6.30. The largest absolute Gasteiger partial charge is 0.355 e. The van der Waals surface area contributed by atoms with Crippen LogP contribution in [0, 0.1) is 0 Å². The smallest absolute Gasteiger partial charge is 0.251 e. The Morgan fingerprint density at radius 1 is 0.800 bits per heavy atom. The molecule has 3 heteroatoms. The van der Waals surface area contributed by atoms with Gasteiger partial charge in [-0.2, -0.15) is 0 Å². The zero-order valence-corrected chi connectivity index (χ0v) is 13.9. The van der Waals surface area contributed by atoms with Crippen LogP contribution in [0.1, 0.15) is 15.9 Å². The Hall–Kier alpha value is -3.33. The van der Waals surface area contributed by atoms with E-state index in [9.17, 15) is 4.79 Å². The van der Waals surface area contributed by atoms with Crippen LogP contribution in [0.4, 0.5) is 11.4 Å². The highest BCUT2D eigenvalue weighted by molar-refractivity contribution is 5.94. The van der Waals surface area contributed by atoms with E-state index in [1.165, 1.54) is 0 Å². The molecule has 3 aromatic carbocycles. The van der Waals surface area contributed by atoms with E-state index in [1.807, 2.05) is 84.9 Å². The molecule has 3 nitrogen and oxygen atoms in total. The molecule has 0 atom stereocenters. The van der Waals surface area contributed by atoms with Crippen molar-refractivity contribution in [1.82, 2.24) is 5.32 Å². The Balaban J connectivity index is 1.61. The van der Waals surface area contributed by atoms with Crippen molar-refractivity contribution in [2.24, 2.45) is 0 Å². The lowest BCUT2D eigenvalue weighted by Gasteiger charge is -2.09. The number of rotatable bonds is 6. The van der Waals surface area contributed by atoms with Gasteiger partial charge in [0.25, 0.3) is 5.91 Å². The number of hydrogen-bond donors (Lipinski definition) is 2. The number of hydrogen-bond acceptors (Lipinski definition) is 2. The van der Waals surface area contributed by atoms with Gasteiger partial charge in [0.2, 0.25) is 0 Å². The first-order valence-corrected chi connectivity index (χ1v) is 8.24. The number of anilines is 2. The summed E-state index contributed by atoms with van der Waals surface area (Å²) in [5.74, 6) is -0.0686. The third-order valence-corrected chi connectivity index (χ3v) is 3.73. The van der Waals surface area contributed by atoms with Crippen LogP contribution in [-0.2, 0) is 0 Å². The Kier molecular flexibility index (Phi) is 5.62. The molecule has 124 valence electrons. The first kappa shape index (κ1) is 16.5. The highest BCUT2D eigenvalue weighted by Crippen LogP contribution is 2.21. The fourth-order valence-corrected chi connectivity index (χ4v) is 2.46. The molecule has 0 radical (unpaired) electrons. The topological polar surface area (TPSA) is 41.1 Å². The van der Waals surface area contributed by atoms with Crippen molar-refractivity contribution in [2.75, 3.05) is 11.9 Å². The van der Waals surface area contributed by atoms with Crippen molar-refractivity contribution in [3.63, 3.8) is 0 Å². The molecule has 3 aromatic rings. The van der Waals surface area contributed by atoms with Crippen LogP contribution in [-0.4, -0.2) is 12.5 Å². The first-order chi connectivity index (χ1) is 12.3. The molecule has 0 unspecified atom stereocenters. The van der Waals surface area contributed by atoms with Gasteiger partial charge in [0, 0.05) is 23.5 Å². The standard InChI is InChI=1S/C22H20N2O/c25-22(19-11-3-1-4-12-19)23-17-9-13-18-10-7-8-16-21(18)24-20-14-5-2-6-15-20/h1-16,24H,17H2,(H,23,25). The van der Waals surface area contributed by atoms with Crippen LogP contribution >= 0.6 is 0 Å². The first-order valence-electron chi connectivity index (χ1n) is 8.24. The average molecular weight is 328 g/mol. The van der Waals surface area contributed by atoms with E-state index in [2.05, 4.69) is 10.6 Å². The zero-order chi connectivity index (χ0) is 17.3. The Morgan fingerprint density at radius 3 is 2.20 bits per heavy atom. The molecule has 3 rings (SSSR count). The van der Waals surface area contributed by atoms with E-state index in [-0.39, 0.29) is 5.91 Å². The van der Waals surface area contributed by atoms with E-state index in [0.29, 0.717) is 12.1 Å². The van der Waals surface area contributed by atoms with Gasteiger partial charge in [-0.15, -0.1) is 0 Å². The molecule has 0 aliphatic heterocycles. The van der Waals surface area contributed by atoms with Gasteiger partial charge in [0.15, 0.2) is 0 Å². The minimum atomic E-state index is -0.0686. The van der Waals surface area contributed by atoms with Gasteiger partial charge in [0.1, 0.15) is 0 Å². The van der Waals surface area contributed by atoms with Gasteiger partial charge in [-0.3, -0.25) is 4.79 Å². The normalized spacial score (nSPS) is 10.6. The molecule has 0 saturated heterocycles. The lowest BCUT2D eigenvalue weighted by Crippen LogP contribution is -2.23. The van der Waals surface area contributed by atoms with E-state index in [0.717, 1.165) is 16.9 Å². The second-order valence-corrected chi connectivity index (χ2v) is 5.56. The Labute approximate surface area is 148 Å². The number of carbonyl (C=O) groups excluding carboxylic acids is 1. The number of carbonyl (C=O) groups is 1. The van der Waals surface area contributed by atoms with E-state index < -0.39 is 0 Å². The molecule has 0 saturated carbocycles. The SMILES string of the molecule is O=C(NCC=Cc1ccccc1Nc1ccccc1)c1ccccc1. The molecule has 0 aliphatic carbocycles. The molecule has 25 heavy (non-hydrogen) atoms. The maximum Gasteiger partial charge on any atom is 0.251 e.